The SMILES string of the molecule is COc1ccc2[nH]cc(C3CCN(C(=O)c4ccc5c(c4)CCC5)CC3)c2c1. The van der Waals surface area contributed by atoms with E-state index in [0.29, 0.717) is 5.92 Å². The summed E-state index contributed by atoms with van der Waals surface area (Å²) in [5.41, 5.74) is 6.14. The molecule has 1 saturated heterocycles. The second kappa shape index (κ2) is 7.01. The third-order valence-electron chi connectivity index (χ3n) is 6.49. The highest BCUT2D eigenvalue weighted by atomic mass is 16.5. The number of benzene rings is 2. The minimum Gasteiger partial charge on any atom is -0.497 e. The highest BCUT2D eigenvalue weighted by molar-refractivity contribution is 5.94. The largest absolute Gasteiger partial charge is 0.497 e. The lowest BCUT2D eigenvalue weighted by atomic mass is 9.89. The van der Waals surface area contributed by atoms with Crippen LogP contribution in [-0.2, 0) is 12.8 Å². The highest BCUT2D eigenvalue weighted by Crippen LogP contribution is 2.35. The first-order chi connectivity index (χ1) is 13.7. The number of aromatic amines is 1. The summed E-state index contributed by atoms with van der Waals surface area (Å²) in [7, 11) is 1.70. The molecule has 144 valence electrons. The van der Waals surface area contributed by atoms with Gasteiger partial charge in [-0.15, -0.1) is 0 Å². The van der Waals surface area contributed by atoms with Crippen LogP contribution in [0.2, 0.25) is 0 Å². The molecule has 1 aliphatic carbocycles. The number of carbonyl (C=O) groups excluding carboxylic acids is 1. The zero-order valence-electron chi connectivity index (χ0n) is 16.3. The van der Waals surface area contributed by atoms with E-state index in [-0.39, 0.29) is 5.91 Å². The molecule has 0 saturated carbocycles. The number of ether oxygens (including phenoxy) is 1. The minimum absolute atomic E-state index is 0.189. The van der Waals surface area contributed by atoms with Gasteiger partial charge >= 0.3 is 0 Å². The van der Waals surface area contributed by atoms with Gasteiger partial charge in [-0.1, -0.05) is 6.07 Å². The van der Waals surface area contributed by atoms with E-state index in [1.807, 2.05) is 17.0 Å². The van der Waals surface area contributed by atoms with Crippen molar-refractivity contribution in [2.24, 2.45) is 0 Å². The van der Waals surface area contributed by atoms with E-state index < -0.39 is 0 Å². The molecule has 1 aromatic heterocycles. The molecule has 4 heteroatoms. The summed E-state index contributed by atoms with van der Waals surface area (Å²) in [5.74, 6) is 1.55. The Hall–Kier alpha value is -2.75. The molecule has 1 amide bonds. The van der Waals surface area contributed by atoms with Crippen LogP contribution in [0.1, 0.15) is 52.2 Å². The van der Waals surface area contributed by atoms with Crippen LogP contribution in [0.15, 0.2) is 42.6 Å². The van der Waals surface area contributed by atoms with Gasteiger partial charge in [0, 0.05) is 35.8 Å². The first-order valence-electron chi connectivity index (χ1n) is 10.3. The average Bonchev–Trinajstić information content (AvgIpc) is 3.39. The van der Waals surface area contributed by atoms with E-state index in [4.69, 9.17) is 4.74 Å². The number of methoxy groups -OCH3 is 1. The number of amides is 1. The number of likely N-dealkylation sites (tertiary alicyclic amines) is 1. The van der Waals surface area contributed by atoms with Gasteiger partial charge in [0.2, 0.25) is 0 Å². The predicted octanol–water partition coefficient (Wildman–Crippen LogP) is 4.69. The molecule has 2 aromatic carbocycles. The number of H-pyrrole nitrogens is 1. The molecule has 28 heavy (non-hydrogen) atoms. The van der Waals surface area contributed by atoms with Crippen LogP contribution in [0.3, 0.4) is 0 Å². The Bertz CT molecular complexity index is 1030. The molecule has 5 rings (SSSR count). The Morgan fingerprint density at radius 2 is 1.89 bits per heavy atom. The van der Waals surface area contributed by atoms with E-state index in [0.717, 1.165) is 55.6 Å². The number of nitrogens with zero attached hydrogens (tertiary/aromatic N) is 1. The quantitative estimate of drug-likeness (QED) is 0.723. The van der Waals surface area contributed by atoms with Gasteiger partial charge in [-0.3, -0.25) is 4.79 Å². The summed E-state index contributed by atoms with van der Waals surface area (Å²) in [5, 5.41) is 1.24. The number of carbonyl (C=O) groups is 1. The van der Waals surface area contributed by atoms with Crippen molar-refractivity contribution in [3.63, 3.8) is 0 Å². The lowest BCUT2D eigenvalue weighted by Gasteiger charge is -2.32. The van der Waals surface area contributed by atoms with Crippen LogP contribution in [0.4, 0.5) is 0 Å². The fourth-order valence-electron chi connectivity index (χ4n) is 4.87. The van der Waals surface area contributed by atoms with Gasteiger partial charge in [0.25, 0.3) is 5.91 Å². The van der Waals surface area contributed by atoms with Crippen LogP contribution in [0.25, 0.3) is 10.9 Å². The maximum Gasteiger partial charge on any atom is 0.253 e. The fraction of sp³-hybridized carbons (Fsp3) is 0.375. The van der Waals surface area contributed by atoms with Crippen LogP contribution < -0.4 is 4.74 Å². The maximum atomic E-state index is 13.0. The van der Waals surface area contributed by atoms with Crippen molar-refractivity contribution in [2.75, 3.05) is 20.2 Å². The Morgan fingerprint density at radius 1 is 1.07 bits per heavy atom. The summed E-state index contributed by atoms with van der Waals surface area (Å²) in [6.45, 7) is 1.63. The van der Waals surface area contributed by atoms with Crippen molar-refractivity contribution < 1.29 is 9.53 Å². The zero-order chi connectivity index (χ0) is 19.1. The first kappa shape index (κ1) is 17.4. The van der Waals surface area contributed by atoms with E-state index >= 15 is 0 Å². The molecular weight excluding hydrogens is 348 g/mol. The van der Waals surface area contributed by atoms with Crippen molar-refractivity contribution in [2.45, 2.75) is 38.0 Å². The maximum absolute atomic E-state index is 13.0. The van der Waals surface area contributed by atoms with Crippen molar-refractivity contribution in [1.29, 1.82) is 0 Å². The molecule has 1 aliphatic heterocycles. The van der Waals surface area contributed by atoms with Crippen molar-refractivity contribution in [3.05, 3.63) is 64.8 Å². The smallest absolute Gasteiger partial charge is 0.253 e. The van der Waals surface area contributed by atoms with E-state index in [2.05, 4.69) is 35.4 Å². The Kier molecular flexibility index (Phi) is 4.34. The Morgan fingerprint density at radius 3 is 2.71 bits per heavy atom. The van der Waals surface area contributed by atoms with E-state index in [1.54, 1.807) is 7.11 Å². The summed E-state index contributed by atoms with van der Waals surface area (Å²) in [6.07, 6.45) is 7.62. The van der Waals surface area contributed by atoms with Crippen LogP contribution >= 0.6 is 0 Å². The molecule has 0 bridgehead atoms. The zero-order valence-corrected chi connectivity index (χ0v) is 16.3. The molecule has 4 nitrogen and oxygen atoms in total. The summed E-state index contributed by atoms with van der Waals surface area (Å²) < 4.78 is 5.40. The molecule has 3 aromatic rings. The van der Waals surface area contributed by atoms with Gasteiger partial charge in [0.15, 0.2) is 0 Å². The van der Waals surface area contributed by atoms with E-state index in [9.17, 15) is 4.79 Å². The van der Waals surface area contributed by atoms with Gasteiger partial charge in [0.05, 0.1) is 7.11 Å². The monoisotopic (exact) mass is 374 g/mol. The normalized spacial score (nSPS) is 17.1. The number of fused-ring (bicyclic) bond motifs is 2. The number of aromatic nitrogens is 1. The van der Waals surface area contributed by atoms with Crippen LogP contribution in [0, 0.1) is 0 Å². The van der Waals surface area contributed by atoms with Gasteiger partial charge < -0.3 is 14.6 Å². The number of hydrogen-bond acceptors (Lipinski definition) is 2. The molecule has 0 spiro atoms. The predicted molar refractivity (Wildman–Crippen MR) is 111 cm³/mol. The second-order valence-corrected chi connectivity index (χ2v) is 8.06. The third kappa shape index (κ3) is 2.97. The molecule has 0 radical (unpaired) electrons. The highest BCUT2D eigenvalue weighted by Gasteiger charge is 2.26. The van der Waals surface area contributed by atoms with Gasteiger partial charge in [-0.2, -0.15) is 0 Å². The summed E-state index contributed by atoms with van der Waals surface area (Å²) in [4.78, 5) is 18.4. The van der Waals surface area contributed by atoms with Crippen LogP contribution in [0.5, 0.6) is 5.75 Å². The fourth-order valence-corrected chi connectivity index (χ4v) is 4.87. The lowest BCUT2D eigenvalue weighted by Crippen LogP contribution is -2.37. The van der Waals surface area contributed by atoms with Gasteiger partial charge in [-0.25, -0.2) is 0 Å². The van der Waals surface area contributed by atoms with Crippen molar-refractivity contribution >= 4 is 16.8 Å². The molecule has 1 fully saturated rings. The second-order valence-electron chi connectivity index (χ2n) is 8.06. The number of rotatable bonds is 3. The molecular formula is C24H26N2O2. The summed E-state index contributed by atoms with van der Waals surface area (Å²) in [6, 6.07) is 12.5. The van der Waals surface area contributed by atoms with Gasteiger partial charge in [-0.05, 0) is 85.0 Å². The van der Waals surface area contributed by atoms with E-state index in [1.165, 1.54) is 28.5 Å². The van der Waals surface area contributed by atoms with Gasteiger partial charge in [0.1, 0.15) is 5.75 Å². The van der Waals surface area contributed by atoms with Crippen LogP contribution in [-0.4, -0.2) is 36.0 Å². The summed E-state index contributed by atoms with van der Waals surface area (Å²) >= 11 is 0. The lowest BCUT2D eigenvalue weighted by molar-refractivity contribution is 0.0713. The first-order valence-corrected chi connectivity index (χ1v) is 10.3. The molecule has 0 atom stereocenters. The Labute approximate surface area is 165 Å². The standard InChI is InChI=1S/C24H26N2O2/c1-28-20-7-8-23-21(14-20)22(15-25-23)17-9-11-26(12-10-17)24(27)19-6-5-16-3-2-4-18(16)13-19/h5-8,13-15,17,25H,2-4,9-12H2,1H3. The molecule has 2 aliphatic rings. The van der Waals surface area contributed by atoms with Crippen molar-refractivity contribution in [1.82, 2.24) is 9.88 Å². The minimum atomic E-state index is 0.189. The number of aryl methyl sites for hydroxylation is 2. The number of piperidine rings is 1. The number of nitrogens with one attached hydrogen (secondary N) is 1. The Balaban J connectivity index is 1.30. The third-order valence-corrected chi connectivity index (χ3v) is 6.49. The molecule has 2 heterocycles. The van der Waals surface area contributed by atoms with Crippen molar-refractivity contribution in [3.8, 4) is 5.75 Å². The molecule has 1 N–H and O–H groups in total. The average molecular weight is 374 g/mol. The topological polar surface area (TPSA) is 45.3 Å². The molecule has 0 unspecified atom stereocenters. The number of hydrogen-bond donors (Lipinski definition) is 1.